The molecule has 0 amide bonds. The molecule has 0 bridgehead atoms. The highest BCUT2D eigenvalue weighted by Crippen LogP contribution is 2.18. The van der Waals surface area contributed by atoms with Crippen LogP contribution in [0.1, 0.15) is 70.5 Å². The number of ketones is 1. The zero-order valence-corrected chi connectivity index (χ0v) is 16.4. The number of aliphatic hydroxyl groups excluding tert-OH is 1. The maximum Gasteiger partial charge on any atom is 0.135 e. The van der Waals surface area contributed by atoms with Gasteiger partial charge in [0.1, 0.15) is 5.78 Å². The number of aromatic nitrogens is 1. The smallest absolute Gasteiger partial charge is 0.135 e. The number of allylic oxidation sites excluding steroid dienone is 1. The van der Waals surface area contributed by atoms with Gasteiger partial charge in [0.2, 0.25) is 0 Å². The third-order valence-electron chi connectivity index (χ3n) is 4.33. The van der Waals surface area contributed by atoms with Crippen molar-refractivity contribution < 1.29 is 9.90 Å². The summed E-state index contributed by atoms with van der Waals surface area (Å²) >= 11 is 1.62. The number of carbonyl (C=O) groups excluding carboxylic acids is 1. The van der Waals surface area contributed by atoms with Crippen molar-refractivity contribution in [3.63, 3.8) is 0 Å². The fourth-order valence-electron chi connectivity index (χ4n) is 2.57. The molecular weight excluding hydrogens is 318 g/mol. The molecule has 1 heterocycles. The van der Waals surface area contributed by atoms with Gasteiger partial charge in [-0.3, -0.25) is 4.79 Å². The lowest BCUT2D eigenvalue weighted by Gasteiger charge is -2.11. The van der Waals surface area contributed by atoms with Gasteiger partial charge in [-0.15, -0.1) is 11.3 Å². The predicted octanol–water partition coefficient (Wildman–Crippen LogP) is 5.34. The first kappa shape index (κ1) is 20.8. The molecule has 0 unspecified atom stereocenters. The highest BCUT2D eigenvalue weighted by Gasteiger charge is 2.10. The summed E-state index contributed by atoms with van der Waals surface area (Å²) in [6.45, 7) is 9.97. The Morgan fingerprint density at radius 2 is 2.12 bits per heavy atom. The van der Waals surface area contributed by atoms with Gasteiger partial charge in [-0.05, 0) is 58.1 Å². The summed E-state index contributed by atoms with van der Waals surface area (Å²) in [6, 6.07) is 0. The molecule has 0 spiro atoms. The Morgan fingerprint density at radius 1 is 1.42 bits per heavy atom. The summed E-state index contributed by atoms with van der Waals surface area (Å²) in [4.78, 5) is 16.0. The Kier molecular flexibility index (Phi) is 9.16. The van der Waals surface area contributed by atoms with E-state index in [-0.39, 0.29) is 5.92 Å². The van der Waals surface area contributed by atoms with Crippen molar-refractivity contribution in [2.75, 3.05) is 0 Å². The second kappa shape index (κ2) is 10.6. The highest BCUT2D eigenvalue weighted by atomic mass is 32.1. The number of aliphatic hydroxyl groups is 1. The zero-order valence-electron chi connectivity index (χ0n) is 15.6. The van der Waals surface area contributed by atoms with Crippen molar-refractivity contribution in [1.82, 2.24) is 4.98 Å². The zero-order chi connectivity index (χ0) is 18.1. The molecule has 0 aliphatic carbocycles. The Hall–Kier alpha value is -1.26. The fraction of sp³-hybridized carbons (Fsp3) is 0.600. The van der Waals surface area contributed by atoms with E-state index in [1.165, 1.54) is 5.57 Å². The van der Waals surface area contributed by atoms with E-state index in [9.17, 15) is 9.90 Å². The number of thiazole rings is 1. The monoisotopic (exact) mass is 349 g/mol. The molecular formula is C20H31NO2S. The number of carbonyl (C=O) groups is 1. The minimum absolute atomic E-state index is 0.167. The molecule has 0 saturated heterocycles. The van der Waals surface area contributed by atoms with Crippen LogP contribution in [0.3, 0.4) is 0 Å². The number of hydrogen-bond acceptors (Lipinski definition) is 4. The number of hydrogen-bond donors (Lipinski definition) is 1. The maximum atomic E-state index is 11.6. The van der Waals surface area contributed by atoms with Crippen molar-refractivity contribution in [2.45, 2.75) is 72.8 Å². The van der Waals surface area contributed by atoms with Gasteiger partial charge < -0.3 is 5.11 Å². The van der Waals surface area contributed by atoms with Gasteiger partial charge in [-0.25, -0.2) is 4.98 Å². The van der Waals surface area contributed by atoms with E-state index in [0.29, 0.717) is 18.6 Å². The number of Topliss-reactive ketones (excluding diaryl/α,β-unsaturated/α-hetero) is 1. The van der Waals surface area contributed by atoms with E-state index >= 15 is 0 Å². The Labute approximate surface area is 150 Å². The minimum atomic E-state index is -0.470. The van der Waals surface area contributed by atoms with Crippen molar-refractivity contribution in [3.05, 3.63) is 33.3 Å². The fourth-order valence-corrected chi connectivity index (χ4v) is 3.14. The third kappa shape index (κ3) is 7.54. The number of nitrogens with zero attached hydrogens (tertiary/aromatic N) is 1. The summed E-state index contributed by atoms with van der Waals surface area (Å²) in [6.07, 6.45) is 7.81. The van der Waals surface area contributed by atoms with Crippen LogP contribution in [0, 0.1) is 12.8 Å². The quantitative estimate of drug-likeness (QED) is 0.580. The van der Waals surface area contributed by atoms with Crippen molar-refractivity contribution in [1.29, 1.82) is 0 Å². The van der Waals surface area contributed by atoms with Crippen molar-refractivity contribution in [2.24, 2.45) is 5.92 Å². The molecule has 134 valence electrons. The van der Waals surface area contributed by atoms with E-state index in [4.69, 9.17) is 0 Å². The van der Waals surface area contributed by atoms with E-state index in [1.807, 2.05) is 39.2 Å². The van der Waals surface area contributed by atoms with Gasteiger partial charge in [-0.2, -0.15) is 0 Å². The second-order valence-corrected chi connectivity index (χ2v) is 7.66. The molecule has 0 radical (unpaired) electrons. The summed E-state index contributed by atoms with van der Waals surface area (Å²) in [7, 11) is 0. The molecule has 24 heavy (non-hydrogen) atoms. The molecule has 1 aromatic rings. The maximum absolute atomic E-state index is 11.6. The Bertz CT molecular complexity index is 586. The molecule has 1 N–H and O–H groups in total. The van der Waals surface area contributed by atoms with E-state index in [0.717, 1.165) is 35.5 Å². The first-order valence-electron chi connectivity index (χ1n) is 8.80. The second-order valence-electron chi connectivity index (χ2n) is 6.59. The van der Waals surface area contributed by atoms with Crippen LogP contribution in [-0.4, -0.2) is 22.0 Å². The van der Waals surface area contributed by atoms with Gasteiger partial charge in [0.15, 0.2) is 0 Å². The van der Waals surface area contributed by atoms with Gasteiger partial charge in [0, 0.05) is 17.7 Å². The van der Waals surface area contributed by atoms with Crippen LogP contribution in [0.4, 0.5) is 0 Å². The summed E-state index contributed by atoms with van der Waals surface area (Å²) in [5.41, 5.74) is 3.14. The lowest BCUT2D eigenvalue weighted by atomic mass is 9.96. The average molecular weight is 350 g/mol. The highest BCUT2D eigenvalue weighted by molar-refractivity contribution is 7.09. The molecule has 1 aromatic heterocycles. The van der Waals surface area contributed by atoms with Gasteiger partial charge in [-0.1, -0.05) is 25.5 Å². The largest absolute Gasteiger partial charge is 0.388 e. The topological polar surface area (TPSA) is 50.2 Å². The third-order valence-corrected chi connectivity index (χ3v) is 5.13. The molecule has 0 aromatic carbocycles. The first-order valence-corrected chi connectivity index (χ1v) is 9.68. The predicted molar refractivity (Wildman–Crippen MR) is 103 cm³/mol. The number of rotatable bonds is 10. The standard InChI is InChI=1S/C20H31NO2S/c1-6-19(22)15(3)9-7-8-14(2)10-11-20(23)16(4)12-18-13-24-17(5)21-18/h10,12-13,15,20,23H,6-9,11H2,1-5H3/t15-,20-/m0/s1. The average Bonchev–Trinajstić information content (AvgIpc) is 2.96. The van der Waals surface area contributed by atoms with Crippen LogP contribution in [0.2, 0.25) is 0 Å². The molecule has 0 aliphatic heterocycles. The normalized spacial score (nSPS) is 15.4. The molecule has 1 rings (SSSR count). The van der Waals surface area contributed by atoms with Crippen molar-refractivity contribution >= 4 is 23.2 Å². The molecule has 0 fully saturated rings. The number of aryl methyl sites for hydroxylation is 1. The van der Waals surface area contributed by atoms with Crippen LogP contribution in [0.15, 0.2) is 22.6 Å². The van der Waals surface area contributed by atoms with E-state index in [2.05, 4.69) is 18.0 Å². The van der Waals surface area contributed by atoms with Gasteiger partial charge >= 0.3 is 0 Å². The van der Waals surface area contributed by atoms with Crippen LogP contribution in [-0.2, 0) is 4.79 Å². The van der Waals surface area contributed by atoms with Crippen LogP contribution in [0.5, 0.6) is 0 Å². The summed E-state index contributed by atoms with van der Waals surface area (Å²) in [5.74, 6) is 0.519. The van der Waals surface area contributed by atoms with Crippen LogP contribution < -0.4 is 0 Å². The Balaban J connectivity index is 2.40. The first-order chi connectivity index (χ1) is 11.3. The molecule has 0 saturated carbocycles. The summed E-state index contributed by atoms with van der Waals surface area (Å²) < 4.78 is 0. The van der Waals surface area contributed by atoms with Gasteiger partial charge in [0.25, 0.3) is 0 Å². The lowest BCUT2D eigenvalue weighted by molar-refractivity contribution is -0.122. The van der Waals surface area contributed by atoms with Crippen LogP contribution in [0.25, 0.3) is 6.08 Å². The molecule has 4 heteroatoms. The van der Waals surface area contributed by atoms with E-state index in [1.54, 1.807) is 11.3 Å². The van der Waals surface area contributed by atoms with E-state index < -0.39 is 6.10 Å². The van der Waals surface area contributed by atoms with Crippen molar-refractivity contribution in [3.8, 4) is 0 Å². The van der Waals surface area contributed by atoms with Crippen LogP contribution >= 0.6 is 11.3 Å². The lowest BCUT2D eigenvalue weighted by Crippen LogP contribution is -2.09. The SMILES string of the molecule is CCC(=O)[C@@H](C)CCCC(C)=CC[C@H](O)C(C)=Cc1csc(C)n1. The minimum Gasteiger partial charge on any atom is -0.388 e. The molecule has 2 atom stereocenters. The van der Waals surface area contributed by atoms with Gasteiger partial charge in [0.05, 0.1) is 16.8 Å². The molecule has 3 nitrogen and oxygen atoms in total. The Morgan fingerprint density at radius 3 is 2.71 bits per heavy atom. The summed E-state index contributed by atoms with van der Waals surface area (Å²) in [5, 5.41) is 13.3. The molecule has 0 aliphatic rings.